The van der Waals surface area contributed by atoms with Gasteiger partial charge in [-0.3, -0.25) is 9.80 Å². The Morgan fingerprint density at radius 2 is 1.74 bits per heavy atom. The molecule has 0 radical (unpaired) electrons. The van der Waals surface area contributed by atoms with Crippen LogP contribution in [0.1, 0.15) is 30.5 Å². The molecule has 2 atom stereocenters. The largest absolute Gasteiger partial charge is 0.446 e. The zero-order chi connectivity index (χ0) is 23.5. The molecule has 1 spiro atoms. The third-order valence-corrected chi connectivity index (χ3v) is 7.62. The molecule has 0 N–H and O–H groups in total. The summed E-state index contributed by atoms with van der Waals surface area (Å²) in [5.41, 5.74) is 0.611. The number of anilines is 1. The van der Waals surface area contributed by atoms with Crippen LogP contribution in [-0.4, -0.2) is 70.5 Å². The number of hydrogen-bond donors (Lipinski definition) is 0. The molecular weight excluding hydrogens is 447 g/mol. The van der Waals surface area contributed by atoms with Crippen LogP contribution in [0, 0.1) is 5.41 Å². The van der Waals surface area contributed by atoms with E-state index < -0.39 is 11.9 Å². The van der Waals surface area contributed by atoms with E-state index in [0.29, 0.717) is 24.3 Å². The zero-order valence-corrected chi connectivity index (χ0v) is 18.6. The molecule has 2 unspecified atom stereocenters. The predicted molar refractivity (Wildman–Crippen MR) is 117 cm³/mol. The number of rotatable bonds is 4. The topological polar surface area (TPSA) is 61.8 Å². The number of hydrogen-bond acceptors (Lipinski definition) is 6. The first-order chi connectivity index (χ1) is 16.3. The van der Waals surface area contributed by atoms with Crippen LogP contribution in [0.5, 0.6) is 0 Å². The van der Waals surface area contributed by atoms with Crippen molar-refractivity contribution in [2.45, 2.75) is 50.2 Å². The van der Waals surface area contributed by atoms with Gasteiger partial charge in [0.1, 0.15) is 6.10 Å². The molecule has 5 heterocycles. The number of fused-ring (bicyclic) bond motifs is 2. The standard InChI is InChI=1S/C24H26F3N5O2/c25-24(26,27)20-6-7-21(29-28-20)31-12-17-8-18(13-31)32(17)22(33)34-19-9-23(10-19)14-30(15-23)11-16-4-2-1-3-5-16/h1-7,17-19H,8-15H2. The van der Waals surface area contributed by atoms with Crippen LogP contribution in [0.4, 0.5) is 23.8 Å². The maximum absolute atomic E-state index is 12.8. The third kappa shape index (κ3) is 3.87. The molecule has 2 bridgehead atoms. The monoisotopic (exact) mass is 473 g/mol. The Hall–Kier alpha value is -2.88. The lowest BCUT2D eigenvalue weighted by Gasteiger charge is -2.59. The lowest BCUT2D eigenvalue weighted by molar-refractivity contribution is -0.142. The molecule has 180 valence electrons. The summed E-state index contributed by atoms with van der Waals surface area (Å²) in [6, 6.07) is 12.7. The van der Waals surface area contributed by atoms with E-state index >= 15 is 0 Å². The van der Waals surface area contributed by atoms with E-state index in [1.807, 2.05) is 11.0 Å². The summed E-state index contributed by atoms with van der Waals surface area (Å²) in [4.78, 5) is 18.9. The first-order valence-corrected chi connectivity index (χ1v) is 11.7. The summed E-state index contributed by atoms with van der Waals surface area (Å²) >= 11 is 0. The first kappa shape index (κ1) is 21.6. The van der Waals surface area contributed by atoms with E-state index in [-0.39, 0.29) is 24.3 Å². The van der Waals surface area contributed by atoms with Gasteiger partial charge >= 0.3 is 12.3 Å². The van der Waals surface area contributed by atoms with Crippen molar-refractivity contribution >= 4 is 11.9 Å². The summed E-state index contributed by atoms with van der Waals surface area (Å²) in [5, 5.41) is 7.05. The Kier molecular flexibility index (Phi) is 4.98. The summed E-state index contributed by atoms with van der Waals surface area (Å²) in [5.74, 6) is 0.404. The number of piperidine rings is 1. The summed E-state index contributed by atoms with van der Waals surface area (Å²) in [6.07, 6.45) is -2.08. The van der Waals surface area contributed by atoms with Crippen LogP contribution in [0.15, 0.2) is 42.5 Å². The maximum Gasteiger partial charge on any atom is 0.435 e. The Morgan fingerprint density at radius 3 is 2.35 bits per heavy atom. The van der Waals surface area contributed by atoms with Crippen LogP contribution in [0.25, 0.3) is 0 Å². The van der Waals surface area contributed by atoms with Gasteiger partial charge in [-0.1, -0.05) is 30.3 Å². The Morgan fingerprint density at radius 1 is 1.03 bits per heavy atom. The van der Waals surface area contributed by atoms with Gasteiger partial charge in [0, 0.05) is 38.1 Å². The van der Waals surface area contributed by atoms with Crippen LogP contribution in [-0.2, 0) is 17.5 Å². The number of alkyl halides is 3. The minimum absolute atomic E-state index is 0.00514. The number of likely N-dealkylation sites (tertiary alicyclic amines) is 1. The van der Waals surface area contributed by atoms with Crippen molar-refractivity contribution in [1.82, 2.24) is 20.0 Å². The number of piperazine rings is 1. The van der Waals surface area contributed by atoms with Crippen LogP contribution in [0.3, 0.4) is 0 Å². The van der Waals surface area contributed by atoms with Crippen molar-refractivity contribution in [2.24, 2.45) is 5.41 Å². The lowest BCUT2D eigenvalue weighted by Crippen LogP contribution is -2.71. The summed E-state index contributed by atoms with van der Waals surface area (Å²) < 4.78 is 43.9. The van der Waals surface area contributed by atoms with Crippen LogP contribution in [0.2, 0.25) is 0 Å². The molecular formula is C24H26F3N5O2. The smallest absolute Gasteiger partial charge is 0.435 e. The SMILES string of the molecule is O=C(OC1CC2(C1)CN(Cc1ccccc1)C2)N1C2CC1CN(c1ccc(C(F)(F)F)nn1)C2. The van der Waals surface area contributed by atoms with E-state index in [1.165, 1.54) is 11.6 Å². The second-order valence-corrected chi connectivity index (χ2v) is 10.2. The molecule has 1 amide bonds. The second-order valence-electron chi connectivity index (χ2n) is 10.2. The number of carbonyl (C=O) groups excluding carboxylic acids is 1. The first-order valence-electron chi connectivity index (χ1n) is 11.7. The molecule has 1 aromatic heterocycles. The highest BCUT2D eigenvalue weighted by molar-refractivity contribution is 5.71. The van der Waals surface area contributed by atoms with E-state index in [9.17, 15) is 18.0 Å². The highest BCUT2D eigenvalue weighted by atomic mass is 19.4. The van der Waals surface area contributed by atoms with Gasteiger partial charge in [0.05, 0.1) is 12.1 Å². The zero-order valence-electron chi connectivity index (χ0n) is 18.6. The number of amides is 1. The van der Waals surface area contributed by atoms with Crippen molar-refractivity contribution in [3.63, 3.8) is 0 Å². The van der Waals surface area contributed by atoms with Crippen LogP contribution < -0.4 is 4.90 Å². The molecule has 2 aromatic rings. The molecule has 5 aliphatic rings. The molecule has 10 heteroatoms. The molecule has 1 saturated carbocycles. The number of halogens is 3. The maximum atomic E-state index is 12.8. The fraction of sp³-hybridized carbons (Fsp3) is 0.542. The van der Waals surface area contributed by atoms with Gasteiger partial charge in [0.2, 0.25) is 0 Å². The fourth-order valence-electron chi connectivity index (χ4n) is 6.05. The average molecular weight is 473 g/mol. The Balaban J connectivity index is 0.961. The molecule has 1 aliphatic carbocycles. The van der Waals surface area contributed by atoms with Gasteiger partial charge in [-0.2, -0.15) is 13.2 Å². The van der Waals surface area contributed by atoms with Crippen molar-refractivity contribution in [2.75, 3.05) is 31.1 Å². The number of ether oxygens (including phenoxy) is 1. The molecule has 1 aromatic carbocycles. The van der Waals surface area contributed by atoms with Gasteiger partial charge in [-0.25, -0.2) is 4.79 Å². The second kappa shape index (κ2) is 7.83. The van der Waals surface area contributed by atoms with E-state index in [2.05, 4.69) is 39.4 Å². The highest BCUT2D eigenvalue weighted by Crippen LogP contribution is 2.50. The molecule has 7 rings (SSSR count). The van der Waals surface area contributed by atoms with Crippen molar-refractivity contribution in [3.8, 4) is 0 Å². The van der Waals surface area contributed by atoms with Gasteiger partial charge in [0.15, 0.2) is 11.5 Å². The van der Waals surface area contributed by atoms with Gasteiger partial charge in [0.25, 0.3) is 0 Å². The number of nitrogens with zero attached hydrogens (tertiary/aromatic N) is 5. The highest BCUT2D eigenvalue weighted by Gasteiger charge is 2.55. The average Bonchev–Trinajstić information content (AvgIpc) is 2.76. The summed E-state index contributed by atoms with van der Waals surface area (Å²) in [7, 11) is 0. The van der Waals surface area contributed by atoms with Crippen molar-refractivity contribution in [3.05, 3.63) is 53.7 Å². The van der Waals surface area contributed by atoms with Gasteiger partial charge in [-0.15, -0.1) is 10.2 Å². The molecule has 4 saturated heterocycles. The molecule has 7 nitrogen and oxygen atoms in total. The number of aromatic nitrogens is 2. The normalized spacial score (nSPS) is 26.0. The van der Waals surface area contributed by atoms with E-state index in [4.69, 9.17) is 4.74 Å². The Labute approximate surface area is 195 Å². The fourth-order valence-corrected chi connectivity index (χ4v) is 6.05. The minimum Gasteiger partial charge on any atom is -0.446 e. The third-order valence-electron chi connectivity index (χ3n) is 7.62. The number of benzene rings is 1. The predicted octanol–water partition coefficient (Wildman–Crippen LogP) is 3.56. The van der Waals surface area contributed by atoms with E-state index in [0.717, 1.165) is 45.0 Å². The van der Waals surface area contributed by atoms with Crippen molar-refractivity contribution < 1.29 is 22.7 Å². The minimum atomic E-state index is -4.50. The Bertz CT molecular complexity index is 1040. The summed E-state index contributed by atoms with van der Waals surface area (Å²) in [6.45, 7) is 4.11. The van der Waals surface area contributed by atoms with Gasteiger partial charge in [-0.05, 0) is 37.0 Å². The molecule has 4 aliphatic heterocycles. The quantitative estimate of drug-likeness (QED) is 0.677. The number of carbonyl (C=O) groups is 1. The lowest BCUT2D eigenvalue weighted by atomic mass is 9.61. The molecule has 5 fully saturated rings. The van der Waals surface area contributed by atoms with E-state index in [1.54, 1.807) is 4.90 Å². The molecule has 34 heavy (non-hydrogen) atoms. The van der Waals surface area contributed by atoms with Gasteiger partial charge < -0.3 is 9.64 Å². The van der Waals surface area contributed by atoms with Crippen molar-refractivity contribution in [1.29, 1.82) is 0 Å². The van der Waals surface area contributed by atoms with Crippen LogP contribution >= 0.6 is 0 Å².